The van der Waals surface area contributed by atoms with Crippen LogP contribution in [0.4, 0.5) is 0 Å². The Morgan fingerprint density at radius 1 is 1.53 bits per heavy atom. The molecule has 2 aromatic rings. The zero-order chi connectivity index (χ0) is 13.4. The largest absolute Gasteiger partial charge is 0.478 e. The molecule has 1 saturated heterocycles. The molecule has 6 heteroatoms. The van der Waals surface area contributed by atoms with Gasteiger partial charge >= 0.3 is 11.7 Å². The number of thioether (sulfide) groups is 1. The summed E-state index contributed by atoms with van der Waals surface area (Å²) in [5.41, 5.74) is 1.42. The Morgan fingerprint density at radius 3 is 3.05 bits per heavy atom. The van der Waals surface area contributed by atoms with Crippen LogP contribution in [0.25, 0.3) is 11.0 Å². The van der Waals surface area contributed by atoms with Crippen LogP contribution < -0.4 is 5.69 Å². The van der Waals surface area contributed by atoms with Gasteiger partial charge < -0.3 is 10.1 Å². The number of benzene rings is 1. The van der Waals surface area contributed by atoms with Crippen LogP contribution in [0.5, 0.6) is 0 Å². The lowest BCUT2D eigenvalue weighted by atomic mass is 10.2. The summed E-state index contributed by atoms with van der Waals surface area (Å²) in [6, 6.07) is 4.73. The van der Waals surface area contributed by atoms with Crippen LogP contribution in [0.15, 0.2) is 23.0 Å². The van der Waals surface area contributed by atoms with E-state index in [-0.39, 0.29) is 11.3 Å². The summed E-state index contributed by atoms with van der Waals surface area (Å²) in [5, 5.41) is 9.47. The Balaban J connectivity index is 2.05. The minimum atomic E-state index is -0.975. The number of fused-ring (bicyclic) bond motifs is 1. The fraction of sp³-hybridized carbons (Fsp3) is 0.385. The molecule has 1 aromatic carbocycles. The number of hydrogen-bond donors (Lipinski definition) is 2. The molecule has 100 valence electrons. The number of aromatic carboxylic acids is 1. The molecule has 5 nitrogen and oxygen atoms in total. The number of imidazole rings is 1. The van der Waals surface area contributed by atoms with Crippen LogP contribution in [0.1, 0.15) is 23.2 Å². The van der Waals surface area contributed by atoms with Crippen molar-refractivity contribution in [3.05, 3.63) is 34.2 Å². The van der Waals surface area contributed by atoms with Gasteiger partial charge in [-0.3, -0.25) is 4.57 Å². The van der Waals surface area contributed by atoms with Gasteiger partial charge in [-0.15, -0.1) is 0 Å². The molecule has 1 aliphatic heterocycles. The van der Waals surface area contributed by atoms with E-state index < -0.39 is 5.97 Å². The number of rotatable bonds is 3. The van der Waals surface area contributed by atoms with Gasteiger partial charge in [0.15, 0.2) is 0 Å². The molecular weight excluding hydrogens is 264 g/mol. The quantitative estimate of drug-likeness (QED) is 0.899. The standard InChI is InChI=1S/C13H14N2O3S/c16-12(17)8-3-4-10-11(6-8)15(13(18)14-10)7-9-2-1-5-19-9/h3-4,6,9H,1-2,5,7H2,(H,14,18)(H,16,17). The highest BCUT2D eigenvalue weighted by molar-refractivity contribution is 8.00. The van der Waals surface area contributed by atoms with E-state index in [0.29, 0.717) is 22.8 Å². The molecule has 1 atom stereocenters. The monoisotopic (exact) mass is 278 g/mol. The van der Waals surface area contributed by atoms with Gasteiger partial charge in [-0.1, -0.05) is 0 Å². The fourth-order valence-corrected chi connectivity index (χ4v) is 3.71. The van der Waals surface area contributed by atoms with Crippen LogP contribution >= 0.6 is 11.8 Å². The third kappa shape index (κ3) is 2.28. The Hall–Kier alpha value is -1.69. The molecule has 0 aliphatic carbocycles. The van der Waals surface area contributed by atoms with Gasteiger partial charge in [0.25, 0.3) is 0 Å². The minimum absolute atomic E-state index is 0.162. The average molecular weight is 278 g/mol. The van der Waals surface area contributed by atoms with Crippen molar-refractivity contribution < 1.29 is 9.90 Å². The van der Waals surface area contributed by atoms with Crippen molar-refractivity contribution in [3.8, 4) is 0 Å². The third-order valence-electron chi connectivity index (χ3n) is 3.43. The molecule has 19 heavy (non-hydrogen) atoms. The first-order valence-electron chi connectivity index (χ1n) is 6.22. The molecule has 0 radical (unpaired) electrons. The highest BCUT2D eigenvalue weighted by Gasteiger charge is 2.19. The Morgan fingerprint density at radius 2 is 2.37 bits per heavy atom. The number of aromatic nitrogens is 2. The molecule has 1 fully saturated rings. The highest BCUT2D eigenvalue weighted by Crippen LogP contribution is 2.28. The van der Waals surface area contributed by atoms with Crippen LogP contribution in [0.3, 0.4) is 0 Å². The van der Waals surface area contributed by atoms with E-state index in [4.69, 9.17) is 5.11 Å². The number of carboxylic acid groups (broad SMARTS) is 1. The molecule has 1 aromatic heterocycles. The molecule has 2 N–H and O–H groups in total. The molecule has 1 aliphatic rings. The normalized spacial score (nSPS) is 19.1. The number of carboxylic acids is 1. The van der Waals surface area contributed by atoms with E-state index in [1.54, 1.807) is 16.7 Å². The Bertz CT molecular complexity index is 683. The predicted octanol–water partition coefficient (Wildman–Crippen LogP) is 1.92. The van der Waals surface area contributed by atoms with Crippen molar-refractivity contribution >= 4 is 28.8 Å². The van der Waals surface area contributed by atoms with Gasteiger partial charge in [0.1, 0.15) is 0 Å². The summed E-state index contributed by atoms with van der Waals surface area (Å²) < 4.78 is 1.66. The van der Waals surface area contributed by atoms with Crippen LogP contribution in [0.2, 0.25) is 0 Å². The van der Waals surface area contributed by atoms with E-state index in [1.807, 2.05) is 11.8 Å². The summed E-state index contributed by atoms with van der Waals surface area (Å²) in [6.07, 6.45) is 2.30. The van der Waals surface area contributed by atoms with E-state index in [0.717, 1.165) is 12.2 Å². The van der Waals surface area contributed by atoms with Gasteiger partial charge in [0.05, 0.1) is 16.6 Å². The lowest BCUT2D eigenvalue weighted by molar-refractivity contribution is 0.0697. The number of nitrogens with zero attached hydrogens (tertiary/aromatic N) is 1. The number of carbonyl (C=O) groups is 1. The van der Waals surface area contributed by atoms with E-state index in [2.05, 4.69) is 4.98 Å². The van der Waals surface area contributed by atoms with Crippen molar-refractivity contribution in [1.29, 1.82) is 0 Å². The number of aromatic amines is 1. The summed E-state index contributed by atoms with van der Waals surface area (Å²) in [5.74, 6) is 0.166. The first-order valence-corrected chi connectivity index (χ1v) is 7.27. The van der Waals surface area contributed by atoms with Crippen molar-refractivity contribution in [2.75, 3.05) is 5.75 Å². The molecule has 2 heterocycles. The zero-order valence-electron chi connectivity index (χ0n) is 10.3. The second-order valence-corrected chi connectivity index (χ2v) is 6.12. The van der Waals surface area contributed by atoms with Crippen LogP contribution in [-0.2, 0) is 6.54 Å². The second-order valence-electron chi connectivity index (χ2n) is 4.71. The van der Waals surface area contributed by atoms with Crippen LogP contribution in [0, 0.1) is 0 Å². The molecule has 0 saturated carbocycles. The van der Waals surface area contributed by atoms with E-state index in [9.17, 15) is 9.59 Å². The topological polar surface area (TPSA) is 75.1 Å². The van der Waals surface area contributed by atoms with Gasteiger partial charge in [0, 0.05) is 11.8 Å². The number of H-pyrrole nitrogens is 1. The lowest BCUT2D eigenvalue weighted by Gasteiger charge is -2.09. The Labute approximate surface area is 113 Å². The van der Waals surface area contributed by atoms with Gasteiger partial charge in [-0.05, 0) is 36.8 Å². The molecule has 3 rings (SSSR count). The minimum Gasteiger partial charge on any atom is -0.478 e. The maximum atomic E-state index is 12.0. The maximum absolute atomic E-state index is 12.0. The summed E-state index contributed by atoms with van der Waals surface area (Å²) in [4.78, 5) is 25.7. The SMILES string of the molecule is O=C(O)c1ccc2[nH]c(=O)n(CC3CCCS3)c2c1. The van der Waals surface area contributed by atoms with Gasteiger partial charge in [-0.2, -0.15) is 11.8 Å². The maximum Gasteiger partial charge on any atom is 0.335 e. The second kappa shape index (κ2) is 4.77. The summed E-state index contributed by atoms with van der Waals surface area (Å²) in [7, 11) is 0. The summed E-state index contributed by atoms with van der Waals surface area (Å²) in [6.45, 7) is 0.645. The smallest absolute Gasteiger partial charge is 0.335 e. The summed E-state index contributed by atoms with van der Waals surface area (Å²) >= 11 is 1.88. The van der Waals surface area contributed by atoms with Crippen molar-refractivity contribution in [1.82, 2.24) is 9.55 Å². The first kappa shape index (κ1) is 12.3. The Kier molecular flexibility index (Phi) is 3.10. The van der Waals surface area contributed by atoms with Crippen molar-refractivity contribution in [2.24, 2.45) is 0 Å². The number of nitrogens with one attached hydrogen (secondary N) is 1. The highest BCUT2D eigenvalue weighted by atomic mass is 32.2. The first-order chi connectivity index (χ1) is 9.15. The van der Waals surface area contributed by atoms with Gasteiger partial charge in [0.2, 0.25) is 0 Å². The molecule has 1 unspecified atom stereocenters. The molecule has 0 bridgehead atoms. The molecular formula is C13H14N2O3S. The average Bonchev–Trinajstić information content (AvgIpc) is 2.98. The number of hydrogen-bond acceptors (Lipinski definition) is 3. The lowest BCUT2D eigenvalue weighted by Crippen LogP contribution is -2.21. The van der Waals surface area contributed by atoms with Gasteiger partial charge in [-0.25, -0.2) is 9.59 Å². The van der Waals surface area contributed by atoms with Crippen LogP contribution in [-0.4, -0.2) is 31.6 Å². The fourth-order valence-electron chi connectivity index (χ4n) is 2.46. The predicted molar refractivity (Wildman–Crippen MR) is 75.0 cm³/mol. The van der Waals surface area contributed by atoms with E-state index in [1.165, 1.54) is 12.5 Å². The van der Waals surface area contributed by atoms with E-state index >= 15 is 0 Å². The molecule has 0 spiro atoms. The molecule has 0 amide bonds. The van der Waals surface area contributed by atoms with Crippen molar-refractivity contribution in [2.45, 2.75) is 24.6 Å². The zero-order valence-corrected chi connectivity index (χ0v) is 11.1. The third-order valence-corrected chi connectivity index (χ3v) is 4.81. The van der Waals surface area contributed by atoms with Crippen molar-refractivity contribution in [3.63, 3.8) is 0 Å².